The predicted octanol–water partition coefficient (Wildman–Crippen LogP) is 1.70. The molecular formula is C12H18N2O4. The summed E-state index contributed by atoms with van der Waals surface area (Å²) in [7, 11) is 0. The summed E-state index contributed by atoms with van der Waals surface area (Å²) < 4.78 is 5.09. The van der Waals surface area contributed by atoms with Crippen LogP contribution in [-0.2, 0) is 4.79 Å². The molecule has 1 heterocycles. The van der Waals surface area contributed by atoms with Gasteiger partial charge in [-0.1, -0.05) is 19.0 Å². The number of nitrogens with one attached hydrogen (secondary N) is 1. The Morgan fingerprint density at radius 3 is 2.39 bits per heavy atom. The van der Waals surface area contributed by atoms with E-state index in [2.05, 4.69) is 10.5 Å². The molecule has 6 heteroatoms. The molecule has 0 fully saturated rings. The van der Waals surface area contributed by atoms with Crippen LogP contribution >= 0.6 is 0 Å². The first-order valence-electron chi connectivity index (χ1n) is 5.69. The van der Waals surface area contributed by atoms with E-state index in [1.54, 1.807) is 6.92 Å². The molecule has 0 saturated heterocycles. The van der Waals surface area contributed by atoms with E-state index in [0.29, 0.717) is 17.0 Å². The van der Waals surface area contributed by atoms with E-state index in [0.717, 1.165) is 0 Å². The van der Waals surface area contributed by atoms with Crippen molar-refractivity contribution in [2.45, 2.75) is 46.1 Å². The monoisotopic (exact) mass is 254 g/mol. The normalized spacial score (nSPS) is 11.7. The number of hydrogen-bond donors (Lipinski definition) is 2. The number of carbonyl (C=O) groups is 2. The van der Waals surface area contributed by atoms with Crippen LogP contribution in [0, 0.1) is 6.92 Å². The molecule has 0 spiro atoms. The average molecular weight is 254 g/mol. The number of carboxylic acids is 1. The highest BCUT2D eigenvalue weighted by atomic mass is 16.5. The Hall–Kier alpha value is -1.85. The van der Waals surface area contributed by atoms with Gasteiger partial charge in [-0.2, -0.15) is 0 Å². The second-order valence-corrected chi connectivity index (χ2v) is 5.05. The highest BCUT2D eigenvalue weighted by Gasteiger charge is 2.32. The molecule has 2 N–H and O–H groups in total. The van der Waals surface area contributed by atoms with Crippen LogP contribution in [0.5, 0.6) is 0 Å². The van der Waals surface area contributed by atoms with Gasteiger partial charge in [-0.05, 0) is 20.8 Å². The number of rotatable bonds is 4. The second kappa shape index (κ2) is 4.80. The molecule has 0 aliphatic rings. The van der Waals surface area contributed by atoms with Crippen LogP contribution < -0.4 is 5.32 Å². The number of aliphatic carboxylic acids is 1. The van der Waals surface area contributed by atoms with Crippen molar-refractivity contribution in [1.29, 1.82) is 0 Å². The van der Waals surface area contributed by atoms with E-state index < -0.39 is 17.4 Å². The van der Waals surface area contributed by atoms with Gasteiger partial charge in [-0.25, -0.2) is 4.79 Å². The molecule has 0 bridgehead atoms. The van der Waals surface area contributed by atoms with Gasteiger partial charge in [0, 0.05) is 5.92 Å². The molecule has 1 aromatic rings. The minimum absolute atomic E-state index is 0.000102. The molecule has 0 unspecified atom stereocenters. The molecule has 1 amide bonds. The van der Waals surface area contributed by atoms with Crippen LogP contribution in [0.15, 0.2) is 4.52 Å². The third-order valence-corrected chi connectivity index (χ3v) is 2.60. The van der Waals surface area contributed by atoms with Gasteiger partial charge in [0.05, 0.1) is 5.69 Å². The first-order chi connectivity index (χ1) is 8.16. The zero-order valence-electron chi connectivity index (χ0n) is 11.2. The second-order valence-electron chi connectivity index (χ2n) is 5.05. The number of aromatic nitrogens is 1. The van der Waals surface area contributed by atoms with Gasteiger partial charge >= 0.3 is 5.97 Å². The number of amides is 1. The molecule has 0 aliphatic carbocycles. The molecule has 18 heavy (non-hydrogen) atoms. The van der Waals surface area contributed by atoms with Crippen molar-refractivity contribution in [2.24, 2.45) is 0 Å². The third-order valence-electron chi connectivity index (χ3n) is 2.60. The van der Waals surface area contributed by atoms with Crippen LogP contribution in [0.25, 0.3) is 0 Å². The minimum Gasteiger partial charge on any atom is -0.480 e. The van der Waals surface area contributed by atoms with Crippen molar-refractivity contribution in [2.75, 3.05) is 0 Å². The van der Waals surface area contributed by atoms with Crippen molar-refractivity contribution in [3.8, 4) is 0 Å². The lowest BCUT2D eigenvalue weighted by Gasteiger charge is -2.21. The average Bonchev–Trinajstić information content (AvgIpc) is 2.59. The lowest BCUT2D eigenvalue weighted by molar-refractivity contribution is -0.143. The number of hydrogen-bond acceptors (Lipinski definition) is 4. The highest BCUT2D eigenvalue weighted by molar-refractivity contribution is 5.99. The molecule has 0 atom stereocenters. The fraction of sp³-hybridized carbons (Fsp3) is 0.583. The van der Waals surface area contributed by atoms with E-state index in [9.17, 15) is 9.59 Å². The molecule has 1 rings (SSSR count). The summed E-state index contributed by atoms with van der Waals surface area (Å²) in [5.74, 6) is -1.12. The Kier molecular flexibility index (Phi) is 3.79. The molecular weight excluding hydrogens is 236 g/mol. The van der Waals surface area contributed by atoms with E-state index >= 15 is 0 Å². The summed E-state index contributed by atoms with van der Waals surface area (Å²) in [4.78, 5) is 23.1. The molecule has 0 saturated carbocycles. The lowest BCUT2D eigenvalue weighted by Crippen LogP contribution is -2.49. The van der Waals surface area contributed by atoms with Gasteiger partial charge < -0.3 is 14.9 Å². The maximum atomic E-state index is 12.1. The Bertz CT molecular complexity index is 474. The maximum absolute atomic E-state index is 12.1. The standard InChI is InChI=1S/C12H18N2O4/c1-6(2)9-8(7(3)14-18-9)10(15)13-12(4,5)11(16)17/h6H,1-5H3,(H,13,15)(H,16,17). The first-order valence-corrected chi connectivity index (χ1v) is 5.69. The van der Waals surface area contributed by atoms with Crippen molar-refractivity contribution in [3.63, 3.8) is 0 Å². The molecule has 0 aliphatic heterocycles. The van der Waals surface area contributed by atoms with Gasteiger partial charge in [-0.3, -0.25) is 4.79 Å². The predicted molar refractivity (Wildman–Crippen MR) is 64.5 cm³/mol. The summed E-state index contributed by atoms with van der Waals surface area (Å²) >= 11 is 0. The topological polar surface area (TPSA) is 92.4 Å². The number of carbonyl (C=O) groups excluding carboxylic acids is 1. The van der Waals surface area contributed by atoms with Gasteiger partial charge in [0.15, 0.2) is 5.76 Å². The van der Waals surface area contributed by atoms with E-state index in [4.69, 9.17) is 9.63 Å². The molecule has 1 aromatic heterocycles. The highest BCUT2D eigenvalue weighted by Crippen LogP contribution is 2.22. The zero-order chi connectivity index (χ0) is 14.1. The summed E-state index contributed by atoms with van der Waals surface area (Å²) in [6, 6.07) is 0. The van der Waals surface area contributed by atoms with Crippen LogP contribution in [0.1, 0.15) is 55.4 Å². The first kappa shape index (κ1) is 14.2. The molecule has 0 radical (unpaired) electrons. The molecule has 6 nitrogen and oxygen atoms in total. The maximum Gasteiger partial charge on any atom is 0.328 e. The smallest absolute Gasteiger partial charge is 0.328 e. The van der Waals surface area contributed by atoms with Crippen LogP contribution in [0.2, 0.25) is 0 Å². The fourth-order valence-corrected chi connectivity index (χ4v) is 1.46. The van der Waals surface area contributed by atoms with Crippen molar-refractivity contribution < 1.29 is 19.2 Å². The van der Waals surface area contributed by atoms with Gasteiger partial charge in [-0.15, -0.1) is 0 Å². The van der Waals surface area contributed by atoms with Crippen molar-refractivity contribution >= 4 is 11.9 Å². The lowest BCUT2D eigenvalue weighted by atomic mass is 10.0. The zero-order valence-corrected chi connectivity index (χ0v) is 11.2. The molecule has 0 aromatic carbocycles. The quantitative estimate of drug-likeness (QED) is 0.853. The Morgan fingerprint density at radius 1 is 1.39 bits per heavy atom. The van der Waals surface area contributed by atoms with Crippen LogP contribution in [-0.4, -0.2) is 27.7 Å². The number of nitrogens with zero attached hydrogens (tertiary/aromatic N) is 1. The largest absolute Gasteiger partial charge is 0.480 e. The Morgan fingerprint density at radius 2 is 1.94 bits per heavy atom. The fourth-order valence-electron chi connectivity index (χ4n) is 1.46. The summed E-state index contributed by atoms with van der Waals surface area (Å²) in [6.45, 7) is 8.24. The van der Waals surface area contributed by atoms with Gasteiger partial charge in [0.2, 0.25) is 0 Å². The molecule has 100 valence electrons. The van der Waals surface area contributed by atoms with Gasteiger partial charge in [0.25, 0.3) is 5.91 Å². The summed E-state index contributed by atoms with van der Waals surface area (Å²) in [5.41, 5.74) is -0.564. The van der Waals surface area contributed by atoms with Crippen LogP contribution in [0.4, 0.5) is 0 Å². The van der Waals surface area contributed by atoms with Gasteiger partial charge in [0.1, 0.15) is 11.1 Å². The number of aryl methyl sites for hydroxylation is 1. The SMILES string of the molecule is Cc1noc(C(C)C)c1C(=O)NC(C)(C)C(=O)O. The minimum atomic E-state index is -1.34. The Labute approximate surface area is 105 Å². The van der Waals surface area contributed by atoms with E-state index in [1.807, 2.05) is 13.8 Å². The van der Waals surface area contributed by atoms with Crippen molar-refractivity contribution in [1.82, 2.24) is 10.5 Å². The summed E-state index contributed by atoms with van der Waals surface area (Å²) in [6.07, 6.45) is 0. The van der Waals surface area contributed by atoms with Crippen molar-refractivity contribution in [3.05, 3.63) is 17.0 Å². The van der Waals surface area contributed by atoms with E-state index in [1.165, 1.54) is 13.8 Å². The van der Waals surface area contributed by atoms with Crippen LogP contribution in [0.3, 0.4) is 0 Å². The van der Waals surface area contributed by atoms with E-state index in [-0.39, 0.29) is 5.92 Å². The Balaban J connectivity index is 3.05. The summed E-state index contributed by atoms with van der Waals surface area (Å²) in [5, 5.41) is 15.2. The third kappa shape index (κ3) is 2.69. The number of carboxylic acid groups (broad SMARTS) is 1.